The number of benzene rings is 4. The summed E-state index contributed by atoms with van der Waals surface area (Å²) in [7, 11) is 0. The number of aromatic nitrogens is 1. The second-order valence-electron chi connectivity index (χ2n) is 7.29. The highest BCUT2D eigenvalue weighted by atomic mass is 15.0. The van der Waals surface area contributed by atoms with Crippen molar-refractivity contribution in [3.8, 4) is 16.8 Å². The van der Waals surface area contributed by atoms with Crippen molar-refractivity contribution < 1.29 is 0 Å². The molecule has 4 aromatic carbocycles. The lowest BCUT2D eigenvalue weighted by Crippen LogP contribution is -1.93. The van der Waals surface area contributed by atoms with E-state index in [2.05, 4.69) is 109 Å². The minimum absolute atomic E-state index is 1.20. The van der Waals surface area contributed by atoms with E-state index in [4.69, 9.17) is 0 Å². The molecule has 5 rings (SSSR count). The molecule has 0 amide bonds. The van der Waals surface area contributed by atoms with Gasteiger partial charge in [0.1, 0.15) is 0 Å². The number of nitrogens with zero attached hydrogens (tertiary/aromatic N) is 1. The molecule has 0 bridgehead atoms. The fourth-order valence-corrected chi connectivity index (χ4v) is 3.87. The molecule has 1 nitrogen and oxygen atoms in total. The third-order valence-electron chi connectivity index (χ3n) is 5.35. The third kappa shape index (κ3) is 2.63. The summed E-state index contributed by atoms with van der Waals surface area (Å²) in [4.78, 5) is 0. The molecular formula is C26H21N. The molecule has 0 atom stereocenters. The van der Waals surface area contributed by atoms with Crippen LogP contribution < -0.4 is 0 Å². The Morgan fingerprint density at radius 3 is 1.85 bits per heavy atom. The third-order valence-corrected chi connectivity index (χ3v) is 5.35. The van der Waals surface area contributed by atoms with Crippen molar-refractivity contribution in [1.29, 1.82) is 0 Å². The molecule has 5 aromatic rings. The smallest absolute Gasteiger partial charge is 0.0541 e. The van der Waals surface area contributed by atoms with Crippen molar-refractivity contribution in [3.05, 3.63) is 102 Å². The van der Waals surface area contributed by atoms with Gasteiger partial charge in [-0.1, -0.05) is 71.8 Å². The monoisotopic (exact) mass is 347 g/mol. The second-order valence-corrected chi connectivity index (χ2v) is 7.29. The maximum absolute atomic E-state index is 2.36. The van der Waals surface area contributed by atoms with Gasteiger partial charge in [-0.25, -0.2) is 0 Å². The summed E-state index contributed by atoms with van der Waals surface area (Å²) >= 11 is 0. The molecule has 0 aliphatic carbocycles. The topological polar surface area (TPSA) is 4.93 Å². The second kappa shape index (κ2) is 6.14. The average molecular weight is 347 g/mol. The van der Waals surface area contributed by atoms with E-state index in [9.17, 15) is 0 Å². The van der Waals surface area contributed by atoms with E-state index in [-0.39, 0.29) is 0 Å². The van der Waals surface area contributed by atoms with Crippen molar-refractivity contribution in [2.75, 3.05) is 0 Å². The zero-order valence-corrected chi connectivity index (χ0v) is 15.6. The van der Waals surface area contributed by atoms with E-state index in [1.54, 1.807) is 0 Å². The number of aryl methyl sites for hydroxylation is 2. The van der Waals surface area contributed by atoms with Gasteiger partial charge in [-0.15, -0.1) is 0 Å². The quantitative estimate of drug-likeness (QED) is 0.322. The largest absolute Gasteiger partial charge is 0.309 e. The Morgan fingerprint density at radius 2 is 1.11 bits per heavy atom. The van der Waals surface area contributed by atoms with E-state index in [1.807, 2.05) is 0 Å². The highest BCUT2D eigenvalue weighted by Crippen LogP contribution is 2.34. The van der Waals surface area contributed by atoms with Gasteiger partial charge >= 0.3 is 0 Å². The van der Waals surface area contributed by atoms with Crippen LogP contribution in [0.1, 0.15) is 11.1 Å². The summed E-state index contributed by atoms with van der Waals surface area (Å²) in [5, 5.41) is 2.59. The van der Waals surface area contributed by atoms with Crippen LogP contribution in [-0.4, -0.2) is 4.57 Å². The lowest BCUT2D eigenvalue weighted by atomic mass is 10.0. The van der Waals surface area contributed by atoms with Crippen LogP contribution in [0.2, 0.25) is 0 Å². The zero-order chi connectivity index (χ0) is 18.4. The van der Waals surface area contributed by atoms with E-state index >= 15 is 0 Å². The molecule has 1 heterocycles. The summed E-state index contributed by atoms with van der Waals surface area (Å²) in [5.41, 5.74) is 8.78. The maximum atomic E-state index is 2.36. The van der Waals surface area contributed by atoms with Crippen LogP contribution in [0.5, 0.6) is 0 Å². The van der Waals surface area contributed by atoms with Crippen LogP contribution in [0.4, 0.5) is 0 Å². The number of hydrogen-bond acceptors (Lipinski definition) is 0. The zero-order valence-electron chi connectivity index (χ0n) is 15.6. The van der Waals surface area contributed by atoms with Crippen molar-refractivity contribution in [3.63, 3.8) is 0 Å². The van der Waals surface area contributed by atoms with Crippen LogP contribution in [0, 0.1) is 13.8 Å². The van der Waals surface area contributed by atoms with Crippen molar-refractivity contribution in [1.82, 2.24) is 4.57 Å². The fourth-order valence-electron chi connectivity index (χ4n) is 3.87. The number of hydrogen-bond donors (Lipinski definition) is 0. The first-order chi connectivity index (χ1) is 13.2. The normalized spacial score (nSPS) is 11.3. The van der Waals surface area contributed by atoms with Crippen LogP contribution in [-0.2, 0) is 0 Å². The first kappa shape index (κ1) is 15.9. The number of fused-ring (bicyclic) bond motifs is 3. The summed E-state index contributed by atoms with van der Waals surface area (Å²) in [6, 6.07) is 33.0. The molecule has 0 aliphatic heterocycles. The lowest BCUT2D eigenvalue weighted by Gasteiger charge is -2.09. The van der Waals surface area contributed by atoms with Crippen molar-refractivity contribution in [2.45, 2.75) is 13.8 Å². The van der Waals surface area contributed by atoms with E-state index < -0.39 is 0 Å². The molecule has 27 heavy (non-hydrogen) atoms. The number of para-hydroxylation sites is 1. The highest BCUT2D eigenvalue weighted by Gasteiger charge is 2.12. The molecule has 0 saturated carbocycles. The van der Waals surface area contributed by atoms with Gasteiger partial charge < -0.3 is 4.57 Å². The Bertz CT molecular complexity index is 1260. The van der Waals surface area contributed by atoms with Gasteiger partial charge in [0.25, 0.3) is 0 Å². The summed E-state index contributed by atoms with van der Waals surface area (Å²) < 4.78 is 2.36. The SMILES string of the molecule is Cc1ccc(-c2ccc3c(c2)c2ccccc2n3-c2ccc(C)cc2)cc1. The van der Waals surface area contributed by atoms with Crippen molar-refractivity contribution >= 4 is 21.8 Å². The first-order valence-corrected chi connectivity index (χ1v) is 9.38. The maximum Gasteiger partial charge on any atom is 0.0541 e. The van der Waals surface area contributed by atoms with Gasteiger partial charge in [0, 0.05) is 16.5 Å². The Hall–Kier alpha value is -3.32. The molecular weight excluding hydrogens is 326 g/mol. The summed E-state index contributed by atoms with van der Waals surface area (Å²) in [5.74, 6) is 0. The van der Waals surface area contributed by atoms with Gasteiger partial charge in [-0.3, -0.25) is 0 Å². The Labute approximate surface area is 159 Å². The average Bonchev–Trinajstić information content (AvgIpc) is 3.03. The summed E-state index contributed by atoms with van der Waals surface area (Å²) in [6.07, 6.45) is 0. The van der Waals surface area contributed by atoms with Crippen molar-refractivity contribution in [2.24, 2.45) is 0 Å². The molecule has 1 aromatic heterocycles. The van der Waals surface area contributed by atoms with Crippen LogP contribution in [0.3, 0.4) is 0 Å². The molecule has 0 radical (unpaired) electrons. The predicted molar refractivity (Wildman–Crippen MR) is 116 cm³/mol. The molecule has 0 unspecified atom stereocenters. The van der Waals surface area contributed by atoms with Gasteiger partial charge in [0.2, 0.25) is 0 Å². The molecule has 0 spiro atoms. The first-order valence-electron chi connectivity index (χ1n) is 9.38. The molecule has 0 aliphatic rings. The molecule has 130 valence electrons. The van der Waals surface area contributed by atoms with Crippen LogP contribution >= 0.6 is 0 Å². The van der Waals surface area contributed by atoms with E-state index in [0.29, 0.717) is 0 Å². The van der Waals surface area contributed by atoms with E-state index in [1.165, 1.54) is 49.7 Å². The molecule has 0 fully saturated rings. The van der Waals surface area contributed by atoms with Gasteiger partial charge in [0.05, 0.1) is 11.0 Å². The van der Waals surface area contributed by atoms with Gasteiger partial charge in [-0.05, 0) is 55.3 Å². The lowest BCUT2D eigenvalue weighted by molar-refractivity contribution is 1.17. The van der Waals surface area contributed by atoms with Crippen LogP contribution in [0.25, 0.3) is 38.6 Å². The minimum Gasteiger partial charge on any atom is -0.309 e. The molecule has 1 heteroatoms. The molecule has 0 N–H and O–H groups in total. The Morgan fingerprint density at radius 1 is 0.519 bits per heavy atom. The Kier molecular flexibility index (Phi) is 3.61. The molecule has 0 saturated heterocycles. The van der Waals surface area contributed by atoms with Gasteiger partial charge in [0.15, 0.2) is 0 Å². The van der Waals surface area contributed by atoms with E-state index in [0.717, 1.165) is 0 Å². The fraction of sp³-hybridized carbons (Fsp3) is 0.0769. The minimum atomic E-state index is 1.20. The van der Waals surface area contributed by atoms with Crippen LogP contribution in [0.15, 0.2) is 91.0 Å². The summed E-state index contributed by atoms with van der Waals surface area (Å²) in [6.45, 7) is 4.26. The van der Waals surface area contributed by atoms with Gasteiger partial charge in [-0.2, -0.15) is 0 Å². The predicted octanol–water partition coefficient (Wildman–Crippen LogP) is 7.07. The standard InChI is InChI=1S/C26H21N/c1-18-7-11-20(12-8-18)21-13-16-26-24(17-21)23-5-3-4-6-25(23)27(26)22-14-9-19(2)10-15-22/h3-17H,1-2H3. The Balaban J connectivity index is 1.80. The highest BCUT2D eigenvalue weighted by molar-refractivity contribution is 6.10. The number of rotatable bonds is 2.